The average molecular weight is 257 g/mol. The van der Waals surface area contributed by atoms with Crippen molar-refractivity contribution in [3.63, 3.8) is 0 Å². The first-order valence-corrected chi connectivity index (χ1v) is 7.65. The lowest BCUT2D eigenvalue weighted by atomic mass is 9.80. The fourth-order valence-electron chi connectivity index (χ4n) is 3.34. The Morgan fingerprint density at radius 3 is 2.44 bits per heavy atom. The van der Waals surface area contributed by atoms with Gasteiger partial charge in [-0.15, -0.1) is 0 Å². The molecule has 2 N–H and O–H groups in total. The molecular weight excluding hydrogens is 226 g/mol. The van der Waals surface area contributed by atoms with Crippen LogP contribution in [0.1, 0.15) is 52.9 Å². The maximum atomic E-state index is 10.1. The van der Waals surface area contributed by atoms with Crippen LogP contribution in [-0.4, -0.2) is 47.0 Å². The van der Waals surface area contributed by atoms with Gasteiger partial charge in [-0.1, -0.05) is 20.8 Å². The highest BCUT2D eigenvalue weighted by atomic mass is 16.3. The molecule has 18 heavy (non-hydrogen) atoms. The van der Waals surface area contributed by atoms with Crippen LogP contribution in [-0.2, 0) is 0 Å². The van der Waals surface area contributed by atoms with E-state index in [-0.39, 0.29) is 12.7 Å². The summed E-state index contributed by atoms with van der Waals surface area (Å²) < 4.78 is 0. The second-order valence-electron chi connectivity index (χ2n) is 5.93. The monoisotopic (exact) mass is 257 g/mol. The third-order valence-electron chi connectivity index (χ3n) is 4.52. The highest BCUT2D eigenvalue weighted by Crippen LogP contribution is 2.30. The number of hydrogen-bond acceptors (Lipinski definition) is 3. The summed E-state index contributed by atoms with van der Waals surface area (Å²) >= 11 is 0. The number of hydrogen-bond donors (Lipinski definition) is 2. The fourth-order valence-corrected chi connectivity index (χ4v) is 3.34. The lowest BCUT2D eigenvalue weighted by Crippen LogP contribution is -2.44. The summed E-state index contributed by atoms with van der Waals surface area (Å²) in [5, 5.41) is 19.4. The van der Waals surface area contributed by atoms with Crippen LogP contribution in [0.5, 0.6) is 0 Å². The predicted octanol–water partition coefficient (Wildman–Crippen LogP) is 2.27. The van der Waals surface area contributed by atoms with Gasteiger partial charge in [0.2, 0.25) is 0 Å². The molecule has 0 aromatic carbocycles. The molecular formula is C15H31NO2. The molecule has 0 aromatic heterocycles. The van der Waals surface area contributed by atoms with Gasteiger partial charge < -0.3 is 10.2 Å². The highest BCUT2D eigenvalue weighted by molar-refractivity contribution is 4.82. The normalized spacial score (nSPS) is 29.2. The van der Waals surface area contributed by atoms with Gasteiger partial charge in [0, 0.05) is 19.1 Å². The Morgan fingerprint density at radius 2 is 1.89 bits per heavy atom. The van der Waals surface area contributed by atoms with Gasteiger partial charge in [-0.25, -0.2) is 0 Å². The predicted molar refractivity (Wildman–Crippen MR) is 75.5 cm³/mol. The summed E-state index contributed by atoms with van der Waals surface area (Å²) in [6.07, 6.45) is 5.33. The summed E-state index contributed by atoms with van der Waals surface area (Å²) in [5.74, 6) is 1.12. The van der Waals surface area contributed by atoms with E-state index in [0.29, 0.717) is 12.0 Å². The zero-order valence-electron chi connectivity index (χ0n) is 12.3. The first-order valence-electron chi connectivity index (χ1n) is 7.65. The number of nitrogens with zero attached hydrogens (tertiary/aromatic N) is 1. The van der Waals surface area contributed by atoms with E-state index in [1.54, 1.807) is 0 Å². The third-order valence-corrected chi connectivity index (χ3v) is 4.52. The van der Waals surface area contributed by atoms with Gasteiger partial charge >= 0.3 is 0 Å². The van der Waals surface area contributed by atoms with Crippen molar-refractivity contribution < 1.29 is 10.2 Å². The van der Waals surface area contributed by atoms with Crippen LogP contribution in [0.25, 0.3) is 0 Å². The van der Waals surface area contributed by atoms with Crippen LogP contribution in [0.2, 0.25) is 0 Å². The Hall–Kier alpha value is -0.120. The van der Waals surface area contributed by atoms with Crippen LogP contribution < -0.4 is 0 Å². The number of aliphatic hydroxyl groups is 2. The van der Waals surface area contributed by atoms with Crippen molar-refractivity contribution in [1.29, 1.82) is 0 Å². The van der Waals surface area contributed by atoms with Gasteiger partial charge in [0.05, 0.1) is 12.7 Å². The summed E-state index contributed by atoms with van der Waals surface area (Å²) in [5.41, 5.74) is 0. The van der Waals surface area contributed by atoms with Crippen LogP contribution in [0.15, 0.2) is 0 Å². The molecule has 0 spiro atoms. The van der Waals surface area contributed by atoms with Crippen molar-refractivity contribution in [2.24, 2.45) is 11.8 Å². The Balaban J connectivity index is 2.57. The molecule has 1 saturated carbocycles. The number of rotatable bonds is 7. The van der Waals surface area contributed by atoms with E-state index in [1.807, 2.05) is 0 Å². The molecule has 1 aliphatic rings. The molecule has 0 bridgehead atoms. The molecule has 0 amide bonds. The van der Waals surface area contributed by atoms with Crippen molar-refractivity contribution >= 4 is 0 Å². The lowest BCUT2D eigenvalue weighted by Gasteiger charge is -2.38. The third kappa shape index (κ3) is 4.52. The summed E-state index contributed by atoms with van der Waals surface area (Å²) in [7, 11) is 0. The number of aliphatic hydroxyl groups excluding tert-OH is 2. The first-order chi connectivity index (χ1) is 8.62. The van der Waals surface area contributed by atoms with Crippen molar-refractivity contribution in [2.75, 3.05) is 19.7 Å². The molecule has 0 aromatic rings. The topological polar surface area (TPSA) is 43.7 Å². The second-order valence-corrected chi connectivity index (χ2v) is 5.93. The second kappa shape index (κ2) is 8.13. The van der Waals surface area contributed by atoms with Crippen molar-refractivity contribution in [2.45, 2.75) is 65.0 Å². The van der Waals surface area contributed by atoms with Gasteiger partial charge in [-0.05, 0) is 43.9 Å². The van der Waals surface area contributed by atoms with E-state index >= 15 is 0 Å². The maximum Gasteiger partial charge on any atom is 0.0580 e. The first kappa shape index (κ1) is 15.9. The van der Waals surface area contributed by atoms with E-state index in [4.69, 9.17) is 0 Å². The van der Waals surface area contributed by atoms with Gasteiger partial charge in [0.15, 0.2) is 0 Å². The van der Waals surface area contributed by atoms with Crippen molar-refractivity contribution in [3.05, 3.63) is 0 Å². The molecule has 0 aliphatic heterocycles. The molecule has 0 radical (unpaired) electrons. The Kier molecular flexibility index (Phi) is 7.20. The van der Waals surface area contributed by atoms with E-state index in [0.717, 1.165) is 51.1 Å². The molecule has 3 heteroatoms. The van der Waals surface area contributed by atoms with Crippen LogP contribution in [0.4, 0.5) is 0 Å². The summed E-state index contributed by atoms with van der Waals surface area (Å²) in [6.45, 7) is 8.60. The molecule has 1 aliphatic carbocycles. The molecule has 3 nitrogen and oxygen atoms in total. The molecule has 0 heterocycles. The molecule has 3 unspecified atom stereocenters. The average Bonchev–Trinajstić information content (AvgIpc) is 2.35. The molecule has 1 fully saturated rings. The van der Waals surface area contributed by atoms with Crippen LogP contribution in [0, 0.1) is 11.8 Å². The molecule has 0 saturated heterocycles. The van der Waals surface area contributed by atoms with E-state index in [1.165, 1.54) is 0 Å². The van der Waals surface area contributed by atoms with Gasteiger partial charge in [0.1, 0.15) is 0 Å². The fraction of sp³-hybridized carbons (Fsp3) is 1.00. The van der Waals surface area contributed by atoms with Gasteiger partial charge in [-0.3, -0.25) is 4.90 Å². The lowest BCUT2D eigenvalue weighted by molar-refractivity contribution is 0.0163. The molecule has 108 valence electrons. The molecule has 1 rings (SSSR count). The SMILES string of the molecule is CCC(CC)N(CCO)CC1CC(C)CCC1O. The van der Waals surface area contributed by atoms with Crippen molar-refractivity contribution in [3.8, 4) is 0 Å². The van der Waals surface area contributed by atoms with Crippen LogP contribution >= 0.6 is 0 Å². The Morgan fingerprint density at radius 1 is 1.22 bits per heavy atom. The highest BCUT2D eigenvalue weighted by Gasteiger charge is 2.29. The quantitative estimate of drug-likeness (QED) is 0.735. The van der Waals surface area contributed by atoms with E-state index in [9.17, 15) is 10.2 Å². The maximum absolute atomic E-state index is 10.1. The van der Waals surface area contributed by atoms with E-state index < -0.39 is 0 Å². The largest absolute Gasteiger partial charge is 0.395 e. The minimum atomic E-state index is -0.142. The smallest absolute Gasteiger partial charge is 0.0580 e. The zero-order chi connectivity index (χ0) is 13.5. The standard InChI is InChI=1S/C15H31NO2/c1-4-14(5-2)16(8-9-17)11-13-10-12(3)6-7-15(13)18/h12-15,17-18H,4-11H2,1-3H3. The summed E-state index contributed by atoms with van der Waals surface area (Å²) in [4.78, 5) is 2.38. The van der Waals surface area contributed by atoms with Crippen molar-refractivity contribution in [1.82, 2.24) is 4.90 Å². The summed E-state index contributed by atoms with van der Waals surface area (Å²) in [6, 6.07) is 0.543. The Bertz CT molecular complexity index is 219. The minimum absolute atomic E-state index is 0.142. The minimum Gasteiger partial charge on any atom is -0.395 e. The van der Waals surface area contributed by atoms with Gasteiger partial charge in [-0.2, -0.15) is 0 Å². The zero-order valence-corrected chi connectivity index (χ0v) is 12.3. The molecule has 3 atom stereocenters. The Labute approximate surface area is 112 Å². The van der Waals surface area contributed by atoms with E-state index in [2.05, 4.69) is 25.7 Å². The van der Waals surface area contributed by atoms with Gasteiger partial charge in [0.25, 0.3) is 0 Å². The van der Waals surface area contributed by atoms with Crippen LogP contribution in [0.3, 0.4) is 0 Å².